The van der Waals surface area contributed by atoms with Gasteiger partial charge in [-0.1, -0.05) is 18.2 Å². The number of aromatic nitrogens is 2. The van der Waals surface area contributed by atoms with Crippen LogP contribution in [0.3, 0.4) is 0 Å². The molecule has 0 aliphatic carbocycles. The predicted octanol–water partition coefficient (Wildman–Crippen LogP) is 2.31. The van der Waals surface area contributed by atoms with Crippen molar-refractivity contribution >= 4 is 42.7 Å². The summed E-state index contributed by atoms with van der Waals surface area (Å²) in [5, 5.41) is -0.684. The van der Waals surface area contributed by atoms with Gasteiger partial charge in [-0.2, -0.15) is 0 Å². The van der Waals surface area contributed by atoms with Crippen molar-refractivity contribution in [1.82, 2.24) is 8.96 Å². The lowest BCUT2D eigenvalue weighted by Gasteiger charge is -2.12. The highest BCUT2D eigenvalue weighted by Crippen LogP contribution is 2.26. The average molecular weight is 409 g/mol. The van der Waals surface area contributed by atoms with Crippen molar-refractivity contribution in [3.05, 3.63) is 48.0 Å². The molecule has 144 valence electrons. The number of nitrogen functional groups attached to an aromatic ring is 1. The van der Waals surface area contributed by atoms with E-state index in [9.17, 15) is 16.8 Å². The summed E-state index contributed by atoms with van der Waals surface area (Å²) in [6.45, 7) is 4.80. The Labute approximate surface area is 158 Å². The summed E-state index contributed by atoms with van der Waals surface area (Å²) in [7, 11) is -7.49. The van der Waals surface area contributed by atoms with Gasteiger partial charge in [0.2, 0.25) is 16.0 Å². The Bertz CT molecular complexity index is 1230. The first-order valence-electron chi connectivity index (χ1n) is 8.15. The molecule has 0 saturated carbocycles. The van der Waals surface area contributed by atoms with Crippen LogP contribution in [0.1, 0.15) is 19.4 Å². The molecule has 0 bridgehead atoms. The quantitative estimate of drug-likeness (QED) is 0.667. The van der Waals surface area contributed by atoms with Crippen LogP contribution < -0.4 is 10.5 Å². The van der Waals surface area contributed by atoms with Gasteiger partial charge in [-0.15, -0.1) is 0 Å². The lowest BCUT2D eigenvalue weighted by Crippen LogP contribution is -2.23. The highest BCUT2D eigenvalue weighted by Gasteiger charge is 2.25. The van der Waals surface area contributed by atoms with Gasteiger partial charge in [-0.3, -0.25) is 4.72 Å². The van der Waals surface area contributed by atoms with E-state index in [1.54, 1.807) is 39.0 Å². The SMILES string of the molecule is Cc1ccccc1S(=O)(=O)Nc1ccc2c(c1)nc(N)n2S(=O)(=O)C(C)C. The Morgan fingerprint density at radius 2 is 1.74 bits per heavy atom. The molecule has 8 nitrogen and oxygen atoms in total. The number of hydrogen-bond donors (Lipinski definition) is 2. The number of benzene rings is 2. The van der Waals surface area contributed by atoms with Crippen LogP contribution in [0.25, 0.3) is 11.0 Å². The minimum atomic E-state index is -3.79. The molecular formula is C17H20N4O4S2. The molecule has 1 heterocycles. The molecule has 0 radical (unpaired) electrons. The van der Waals surface area contributed by atoms with Crippen LogP contribution in [0.15, 0.2) is 47.4 Å². The molecule has 3 N–H and O–H groups in total. The van der Waals surface area contributed by atoms with E-state index >= 15 is 0 Å². The molecule has 0 fully saturated rings. The summed E-state index contributed by atoms with van der Waals surface area (Å²) in [6.07, 6.45) is 0. The Kier molecular flexibility index (Phi) is 4.64. The zero-order valence-corrected chi connectivity index (χ0v) is 16.7. The van der Waals surface area contributed by atoms with Crippen LogP contribution in [-0.4, -0.2) is 31.0 Å². The maximum atomic E-state index is 12.6. The predicted molar refractivity (Wildman–Crippen MR) is 106 cm³/mol. The van der Waals surface area contributed by atoms with Gasteiger partial charge in [0.15, 0.2) is 0 Å². The molecule has 0 unspecified atom stereocenters. The van der Waals surface area contributed by atoms with E-state index in [-0.39, 0.29) is 22.0 Å². The number of nitrogens with one attached hydrogen (secondary N) is 1. The van der Waals surface area contributed by atoms with Gasteiger partial charge in [0.1, 0.15) is 0 Å². The van der Waals surface area contributed by atoms with E-state index in [0.29, 0.717) is 11.1 Å². The fraction of sp³-hybridized carbons (Fsp3) is 0.235. The van der Waals surface area contributed by atoms with Crippen molar-refractivity contribution in [2.24, 2.45) is 0 Å². The van der Waals surface area contributed by atoms with Gasteiger partial charge in [0.05, 0.1) is 26.9 Å². The Morgan fingerprint density at radius 3 is 2.37 bits per heavy atom. The molecule has 27 heavy (non-hydrogen) atoms. The first-order chi connectivity index (χ1) is 12.5. The molecular weight excluding hydrogens is 388 g/mol. The first-order valence-corrected chi connectivity index (χ1v) is 11.1. The molecule has 1 aromatic heterocycles. The smallest absolute Gasteiger partial charge is 0.262 e. The molecule has 10 heteroatoms. The van der Waals surface area contributed by atoms with E-state index < -0.39 is 25.3 Å². The summed E-state index contributed by atoms with van der Waals surface area (Å²) in [6, 6.07) is 11.0. The zero-order valence-electron chi connectivity index (χ0n) is 15.0. The number of anilines is 2. The number of sulfonamides is 1. The van der Waals surface area contributed by atoms with Crippen LogP contribution >= 0.6 is 0 Å². The monoisotopic (exact) mass is 408 g/mol. The van der Waals surface area contributed by atoms with E-state index in [4.69, 9.17) is 5.73 Å². The molecule has 3 rings (SSSR count). The lowest BCUT2D eigenvalue weighted by atomic mass is 10.2. The van der Waals surface area contributed by atoms with E-state index in [0.717, 1.165) is 3.97 Å². The van der Waals surface area contributed by atoms with Crippen molar-refractivity contribution in [3.63, 3.8) is 0 Å². The van der Waals surface area contributed by atoms with Crippen LogP contribution in [-0.2, 0) is 20.0 Å². The second-order valence-electron chi connectivity index (χ2n) is 6.40. The molecule has 2 aromatic carbocycles. The number of aryl methyl sites for hydroxylation is 1. The number of rotatable bonds is 5. The van der Waals surface area contributed by atoms with Crippen molar-refractivity contribution in [1.29, 1.82) is 0 Å². The second-order valence-corrected chi connectivity index (χ2v) is 10.4. The third kappa shape index (κ3) is 3.37. The van der Waals surface area contributed by atoms with Crippen molar-refractivity contribution < 1.29 is 16.8 Å². The van der Waals surface area contributed by atoms with Crippen molar-refractivity contribution in [2.45, 2.75) is 30.9 Å². The molecule has 0 aliphatic heterocycles. The number of hydrogen-bond acceptors (Lipinski definition) is 6. The molecule has 3 aromatic rings. The average Bonchev–Trinajstić information content (AvgIpc) is 2.90. The maximum Gasteiger partial charge on any atom is 0.262 e. The van der Waals surface area contributed by atoms with Crippen LogP contribution in [0.4, 0.5) is 11.6 Å². The van der Waals surface area contributed by atoms with Gasteiger partial charge in [0.25, 0.3) is 10.0 Å². The fourth-order valence-electron chi connectivity index (χ4n) is 2.69. The lowest BCUT2D eigenvalue weighted by molar-refractivity contribution is 0.580. The van der Waals surface area contributed by atoms with E-state index in [2.05, 4.69) is 9.71 Å². The van der Waals surface area contributed by atoms with Crippen molar-refractivity contribution in [3.8, 4) is 0 Å². The van der Waals surface area contributed by atoms with Crippen molar-refractivity contribution in [2.75, 3.05) is 10.5 Å². The number of nitrogens with two attached hydrogens (primary N) is 1. The van der Waals surface area contributed by atoms with Gasteiger partial charge in [0, 0.05) is 0 Å². The second kappa shape index (κ2) is 6.54. The summed E-state index contributed by atoms with van der Waals surface area (Å²) >= 11 is 0. The summed E-state index contributed by atoms with van der Waals surface area (Å²) in [4.78, 5) is 4.23. The Balaban J connectivity index is 2.06. The minimum absolute atomic E-state index is 0.164. The van der Waals surface area contributed by atoms with Crippen LogP contribution in [0, 0.1) is 6.92 Å². The molecule has 0 aliphatic rings. The largest absolute Gasteiger partial charge is 0.368 e. The van der Waals surface area contributed by atoms with E-state index in [1.807, 2.05) is 0 Å². The van der Waals surface area contributed by atoms with Gasteiger partial charge < -0.3 is 5.73 Å². The summed E-state index contributed by atoms with van der Waals surface area (Å²) in [5.41, 5.74) is 7.25. The van der Waals surface area contributed by atoms with Crippen LogP contribution in [0.2, 0.25) is 0 Å². The third-order valence-electron chi connectivity index (χ3n) is 4.12. The third-order valence-corrected chi connectivity index (χ3v) is 7.75. The summed E-state index contributed by atoms with van der Waals surface area (Å²) < 4.78 is 53.7. The number of fused-ring (bicyclic) bond motifs is 1. The number of nitrogens with zero attached hydrogens (tertiary/aromatic N) is 2. The zero-order chi connectivity index (χ0) is 20.0. The first kappa shape index (κ1) is 19.2. The molecule has 0 amide bonds. The fourth-order valence-corrected chi connectivity index (χ4v) is 5.14. The molecule has 0 saturated heterocycles. The van der Waals surface area contributed by atoms with Gasteiger partial charge in [-0.25, -0.2) is 25.8 Å². The van der Waals surface area contributed by atoms with E-state index in [1.165, 1.54) is 24.3 Å². The Hall–Kier alpha value is -2.59. The molecule has 0 spiro atoms. The normalized spacial score (nSPS) is 12.6. The topological polar surface area (TPSA) is 124 Å². The summed E-state index contributed by atoms with van der Waals surface area (Å²) in [5.74, 6) is -0.169. The van der Waals surface area contributed by atoms with Gasteiger partial charge >= 0.3 is 0 Å². The molecule has 0 atom stereocenters. The maximum absolute atomic E-state index is 12.6. The van der Waals surface area contributed by atoms with Gasteiger partial charge in [-0.05, 0) is 50.6 Å². The highest BCUT2D eigenvalue weighted by molar-refractivity contribution is 7.92. The standard InChI is InChI=1S/C17H20N4O4S2/c1-11(2)27(24,25)21-15-9-8-13(10-14(15)19-17(21)18)20-26(22,23)16-7-5-4-6-12(16)3/h4-11,20H,1-3H3,(H2,18,19). The minimum Gasteiger partial charge on any atom is -0.368 e. The number of imidazole rings is 1. The Morgan fingerprint density at radius 1 is 1.07 bits per heavy atom. The van der Waals surface area contributed by atoms with Crippen LogP contribution in [0.5, 0.6) is 0 Å². The highest BCUT2D eigenvalue weighted by atomic mass is 32.2.